The van der Waals surface area contributed by atoms with Crippen LogP contribution in [0.4, 0.5) is 4.79 Å². The van der Waals surface area contributed by atoms with Crippen LogP contribution in [0.5, 0.6) is 0 Å². The van der Waals surface area contributed by atoms with Crippen molar-refractivity contribution in [2.45, 2.75) is 70.2 Å². The first kappa shape index (κ1) is 25.8. The molecule has 2 bridgehead atoms. The summed E-state index contributed by atoms with van der Waals surface area (Å²) in [4.78, 5) is 41.8. The van der Waals surface area contributed by atoms with Gasteiger partial charge in [-0.15, -0.1) is 0 Å². The number of benzene rings is 2. The Bertz CT molecular complexity index is 1320. The molecule has 2 aromatic carbocycles. The molecule has 1 N–H and O–H groups in total. The van der Waals surface area contributed by atoms with Crippen LogP contribution in [0, 0.1) is 17.2 Å². The first-order valence-corrected chi connectivity index (χ1v) is 13.2. The zero-order valence-corrected chi connectivity index (χ0v) is 22.4. The van der Waals surface area contributed by atoms with E-state index in [9.17, 15) is 19.6 Å². The first-order chi connectivity index (χ1) is 18.0. The van der Waals surface area contributed by atoms with Crippen molar-refractivity contribution in [3.63, 3.8) is 0 Å². The zero-order chi connectivity index (χ0) is 27.2. The largest absolute Gasteiger partial charge is 0.444 e. The molecule has 3 atom stereocenters. The predicted molar refractivity (Wildman–Crippen MR) is 142 cm³/mol. The van der Waals surface area contributed by atoms with E-state index in [1.807, 2.05) is 57.2 Å². The lowest BCUT2D eigenvalue weighted by Crippen LogP contribution is -2.59. The maximum atomic E-state index is 13.5. The van der Waals surface area contributed by atoms with Crippen molar-refractivity contribution in [3.05, 3.63) is 59.2 Å². The van der Waals surface area contributed by atoms with E-state index in [0.717, 1.165) is 34.2 Å². The van der Waals surface area contributed by atoms with Gasteiger partial charge >= 0.3 is 6.09 Å². The highest BCUT2D eigenvalue weighted by molar-refractivity contribution is 5.98. The fourth-order valence-corrected chi connectivity index (χ4v) is 5.99. The number of likely N-dealkylation sites (tertiary alicyclic amines) is 1. The smallest absolute Gasteiger partial charge is 0.411 e. The van der Waals surface area contributed by atoms with Crippen LogP contribution in [-0.2, 0) is 22.5 Å². The van der Waals surface area contributed by atoms with Crippen molar-refractivity contribution in [2.24, 2.45) is 5.92 Å². The minimum atomic E-state index is -0.949. The van der Waals surface area contributed by atoms with E-state index >= 15 is 0 Å². The summed E-state index contributed by atoms with van der Waals surface area (Å²) in [5, 5.41) is 12.8. The summed E-state index contributed by atoms with van der Waals surface area (Å²) in [7, 11) is 1.80. The van der Waals surface area contributed by atoms with E-state index in [4.69, 9.17) is 4.74 Å². The lowest BCUT2D eigenvalue weighted by molar-refractivity contribution is -0.132. The Morgan fingerprint density at radius 3 is 2.55 bits per heavy atom. The van der Waals surface area contributed by atoms with Crippen molar-refractivity contribution in [3.8, 4) is 17.2 Å². The monoisotopic (exact) mass is 514 g/mol. The van der Waals surface area contributed by atoms with Gasteiger partial charge in [0.05, 0.1) is 6.07 Å². The Morgan fingerprint density at radius 2 is 1.89 bits per heavy atom. The molecular formula is C30H34N4O4. The molecule has 5 rings (SSSR count). The van der Waals surface area contributed by atoms with Gasteiger partial charge in [0.15, 0.2) is 0 Å². The number of fused-ring (bicyclic) bond motifs is 3. The van der Waals surface area contributed by atoms with Gasteiger partial charge < -0.3 is 15.0 Å². The van der Waals surface area contributed by atoms with Crippen molar-refractivity contribution >= 4 is 17.9 Å². The molecule has 1 saturated carbocycles. The number of ether oxygens (including phenoxy) is 1. The minimum Gasteiger partial charge on any atom is -0.444 e. The SMILES string of the molecule is CN1Cc2cc(-c3ccc(C[C@@H](C#N)NC(=O)[C@@]45CC[C@H](CN4C(=O)OC(C)(C)C)C5)cc3)ccc2C1=O. The molecule has 0 unspecified atom stereocenters. The molecule has 198 valence electrons. The molecule has 0 spiro atoms. The lowest BCUT2D eigenvalue weighted by Gasteiger charge is -2.38. The Labute approximate surface area is 223 Å². The molecule has 0 radical (unpaired) electrons. The molecule has 2 heterocycles. The second-order valence-corrected chi connectivity index (χ2v) is 11.8. The standard InChI is InChI=1S/C30H34N4O4/c1-29(2,3)38-28(37)34-17-20-11-12-30(34,15-20)27(36)32-24(16-31)13-19-5-7-21(8-6-19)22-9-10-25-23(14-22)18-33(4)26(25)35/h5-10,14,20,24H,11-13,15,17-18H2,1-4H3,(H,32,36)/t20-,24-,30-/m0/s1. The van der Waals surface area contributed by atoms with E-state index in [1.165, 1.54) is 0 Å². The van der Waals surface area contributed by atoms with Crippen LogP contribution in [0.15, 0.2) is 42.5 Å². The zero-order valence-electron chi connectivity index (χ0n) is 22.4. The quantitative estimate of drug-likeness (QED) is 0.642. The van der Waals surface area contributed by atoms with Gasteiger partial charge in [0.25, 0.3) is 5.91 Å². The Kier molecular flexibility index (Phi) is 6.42. The highest BCUT2D eigenvalue weighted by atomic mass is 16.6. The number of hydrogen-bond donors (Lipinski definition) is 1. The van der Waals surface area contributed by atoms with Crippen molar-refractivity contribution in [2.75, 3.05) is 13.6 Å². The summed E-state index contributed by atoms with van der Waals surface area (Å²) in [5.41, 5.74) is 3.15. The molecule has 38 heavy (non-hydrogen) atoms. The molecule has 3 aliphatic rings. The molecule has 0 aromatic heterocycles. The molecular weight excluding hydrogens is 480 g/mol. The van der Waals surface area contributed by atoms with E-state index in [-0.39, 0.29) is 17.7 Å². The summed E-state index contributed by atoms with van der Waals surface area (Å²) in [6.45, 7) is 6.55. The van der Waals surface area contributed by atoms with Crippen molar-refractivity contribution in [1.82, 2.24) is 15.1 Å². The molecule has 8 heteroatoms. The number of amides is 3. The van der Waals surface area contributed by atoms with Crippen LogP contribution >= 0.6 is 0 Å². The topological polar surface area (TPSA) is 103 Å². The average Bonchev–Trinajstić information content (AvgIpc) is 3.55. The number of carbonyl (C=O) groups is 3. The van der Waals surface area contributed by atoms with Gasteiger partial charge in [0, 0.05) is 32.1 Å². The highest BCUT2D eigenvalue weighted by Gasteiger charge is 2.58. The number of hydrogen-bond acceptors (Lipinski definition) is 5. The van der Waals surface area contributed by atoms with Gasteiger partial charge in [-0.25, -0.2) is 4.79 Å². The van der Waals surface area contributed by atoms with Crippen LogP contribution in [0.3, 0.4) is 0 Å². The summed E-state index contributed by atoms with van der Waals surface area (Å²) >= 11 is 0. The van der Waals surface area contributed by atoms with E-state index in [0.29, 0.717) is 32.4 Å². The third-order valence-electron chi connectivity index (χ3n) is 7.86. The van der Waals surface area contributed by atoms with E-state index in [1.54, 1.807) is 16.8 Å². The molecule has 2 fully saturated rings. The fraction of sp³-hybridized carbons (Fsp3) is 0.467. The number of nitriles is 1. The number of rotatable bonds is 5. The molecule has 1 aliphatic carbocycles. The number of carbonyl (C=O) groups excluding carboxylic acids is 3. The summed E-state index contributed by atoms with van der Waals surface area (Å²) in [6, 6.07) is 15.3. The number of nitrogens with one attached hydrogen (secondary N) is 1. The first-order valence-electron chi connectivity index (χ1n) is 13.2. The van der Waals surface area contributed by atoms with Crippen molar-refractivity contribution in [1.29, 1.82) is 5.26 Å². The van der Waals surface area contributed by atoms with Crippen LogP contribution in [0.2, 0.25) is 0 Å². The Morgan fingerprint density at radius 1 is 1.18 bits per heavy atom. The predicted octanol–water partition coefficient (Wildman–Crippen LogP) is 4.28. The molecule has 2 aromatic rings. The Balaban J connectivity index is 1.26. The molecule has 1 saturated heterocycles. The third kappa shape index (κ3) is 4.73. The lowest BCUT2D eigenvalue weighted by atomic mass is 9.94. The molecule has 2 aliphatic heterocycles. The second kappa shape index (κ2) is 9.46. The second-order valence-electron chi connectivity index (χ2n) is 11.8. The van der Waals surface area contributed by atoms with Gasteiger partial charge in [0.1, 0.15) is 17.2 Å². The van der Waals surface area contributed by atoms with Gasteiger partial charge in [-0.05, 0) is 80.3 Å². The van der Waals surface area contributed by atoms with Gasteiger partial charge in [-0.2, -0.15) is 5.26 Å². The maximum absolute atomic E-state index is 13.5. The van der Waals surface area contributed by atoms with Gasteiger partial charge in [-0.1, -0.05) is 30.3 Å². The third-order valence-corrected chi connectivity index (χ3v) is 7.86. The van der Waals surface area contributed by atoms with E-state index < -0.39 is 23.3 Å². The maximum Gasteiger partial charge on any atom is 0.411 e. The Hall–Kier alpha value is -3.86. The number of piperidine rings is 1. The van der Waals surface area contributed by atoms with Crippen molar-refractivity contribution < 1.29 is 19.1 Å². The number of nitrogens with zero attached hydrogens (tertiary/aromatic N) is 3. The van der Waals surface area contributed by atoms with Crippen LogP contribution < -0.4 is 5.32 Å². The van der Waals surface area contributed by atoms with E-state index in [2.05, 4.69) is 17.5 Å². The average molecular weight is 515 g/mol. The minimum absolute atomic E-state index is 0.0472. The summed E-state index contributed by atoms with van der Waals surface area (Å²) in [5.74, 6) is 0.0502. The normalized spacial score (nSPS) is 22.7. The van der Waals surface area contributed by atoms with Crippen LogP contribution in [0.1, 0.15) is 61.5 Å². The molecule has 8 nitrogen and oxygen atoms in total. The van der Waals surface area contributed by atoms with Crippen LogP contribution in [-0.4, -0.2) is 58.5 Å². The van der Waals surface area contributed by atoms with Crippen LogP contribution in [0.25, 0.3) is 11.1 Å². The van der Waals surface area contributed by atoms with Gasteiger partial charge in [0.2, 0.25) is 5.91 Å². The highest BCUT2D eigenvalue weighted by Crippen LogP contribution is 2.47. The fourth-order valence-electron chi connectivity index (χ4n) is 5.99. The summed E-state index contributed by atoms with van der Waals surface area (Å²) < 4.78 is 5.58. The summed E-state index contributed by atoms with van der Waals surface area (Å²) in [6.07, 6.45) is 1.96. The molecule has 3 amide bonds. The van der Waals surface area contributed by atoms with Gasteiger partial charge in [-0.3, -0.25) is 14.5 Å².